The van der Waals surface area contributed by atoms with E-state index in [-0.39, 0.29) is 23.6 Å². The van der Waals surface area contributed by atoms with Crippen molar-refractivity contribution < 1.29 is 14.6 Å². The maximum atomic E-state index is 12.1. The Labute approximate surface area is 106 Å². The van der Waals surface area contributed by atoms with Crippen molar-refractivity contribution in [1.82, 2.24) is 4.90 Å². The Balaban J connectivity index is 2.92. The van der Waals surface area contributed by atoms with E-state index in [1.54, 1.807) is 6.07 Å². The molecule has 0 fully saturated rings. The lowest BCUT2D eigenvalue weighted by Crippen LogP contribution is -2.31. The number of phenols is 1. The number of phenolic OH excluding ortho intramolecular Hbond substituents is 1. The fourth-order valence-corrected chi connectivity index (χ4v) is 1.58. The summed E-state index contributed by atoms with van der Waals surface area (Å²) in [6.45, 7) is 2.68. The zero-order chi connectivity index (χ0) is 13.5. The summed E-state index contributed by atoms with van der Waals surface area (Å²) in [4.78, 5) is 13.6. The highest BCUT2D eigenvalue weighted by atomic mass is 16.5. The number of nitriles is 1. The van der Waals surface area contributed by atoms with Gasteiger partial charge in [0.15, 0.2) is 0 Å². The second-order valence-electron chi connectivity index (χ2n) is 3.68. The Bertz CT molecular complexity index is 466. The van der Waals surface area contributed by atoms with Crippen LogP contribution in [0.25, 0.3) is 0 Å². The summed E-state index contributed by atoms with van der Waals surface area (Å²) in [5.41, 5.74) is 0.218. The summed E-state index contributed by atoms with van der Waals surface area (Å²) >= 11 is 0. The molecule has 1 amide bonds. The minimum Gasteiger partial charge on any atom is -0.507 e. The Morgan fingerprint density at radius 1 is 1.56 bits per heavy atom. The Morgan fingerprint density at radius 3 is 2.78 bits per heavy atom. The van der Waals surface area contributed by atoms with Gasteiger partial charge in [-0.25, -0.2) is 0 Å². The first kappa shape index (κ1) is 13.8. The first-order valence-electron chi connectivity index (χ1n) is 5.67. The minimum absolute atomic E-state index is 0.116. The molecule has 0 aromatic heterocycles. The van der Waals surface area contributed by atoms with E-state index in [4.69, 9.17) is 10.00 Å². The summed E-state index contributed by atoms with van der Waals surface area (Å²) in [6.07, 6.45) is 0.274. The maximum absolute atomic E-state index is 12.1. The molecule has 0 saturated heterocycles. The third-order valence-electron chi connectivity index (χ3n) is 2.60. The average molecular weight is 248 g/mol. The van der Waals surface area contributed by atoms with Gasteiger partial charge in [0.1, 0.15) is 11.5 Å². The van der Waals surface area contributed by atoms with Gasteiger partial charge in [0.2, 0.25) is 0 Å². The van der Waals surface area contributed by atoms with Crippen LogP contribution in [0.5, 0.6) is 11.5 Å². The van der Waals surface area contributed by atoms with Crippen LogP contribution in [0.2, 0.25) is 0 Å². The third-order valence-corrected chi connectivity index (χ3v) is 2.60. The predicted molar refractivity (Wildman–Crippen MR) is 66.5 cm³/mol. The first-order valence-corrected chi connectivity index (χ1v) is 5.67. The van der Waals surface area contributed by atoms with E-state index in [0.29, 0.717) is 18.8 Å². The minimum atomic E-state index is -0.284. The molecule has 0 spiro atoms. The van der Waals surface area contributed by atoms with E-state index in [1.165, 1.54) is 24.1 Å². The van der Waals surface area contributed by atoms with E-state index in [9.17, 15) is 9.90 Å². The standard InChI is InChI=1S/C13H16N2O3/c1-3-15(8-4-7-14)13(17)11-6-5-10(18-2)9-12(11)16/h5-6,9,16H,3-4,8H2,1-2H3. The molecule has 0 saturated carbocycles. The van der Waals surface area contributed by atoms with Crippen LogP contribution in [0, 0.1) is 11.3 Å². The number of hydrogen-bond acceptors (Lipinski definition) is 4. The van der Waals surface area contributed by atoms with Crippen LogP contribution < -0.4 is 4.74 Å². The van der Waals surface area contributed by atoms with Crippen LogP contribution in [0.3, 0.4) is 0 Å². The van der Waals surface area contributed by atoms with Crippen molar-refractivity contribution in [3.8, 4) is 17.6 Å². The number of carbonyl (C=O) groups is 1. The summed E-state index contributed by atoms with van der Waals surface area (Å²) in [5.74, 6) is 0.0896. The number of amides is 1. The van der Waals surface area contributed by atoms with Gasteiger partial charge in [0.25, 0.3) is 5.91 Å². The van der Waals surface area contributed by atoms with Crippen molar-refractivity contribution in [2.24, 2.45) is 0 Å². The summed E-state index contributed by atoms with van der Waals surface area (Å²) in [7, 11) is 1.49. The number of nitrogens with zero attached hydrogens (tertiary/aromatic N) is 2. The molecule has 1 aromatic carbocycles. The molecule has 1 aromatic rings. The third kappa shape index (κ3) is 3.14. The van der Waals surface area contributed by atoms with E-state index in [1.807, 2.05) is 13.0 Å². The molecule has 0 unspecified atom stereocenters. The van der Waals surface area contributed by atoms with Crippen molar-refractivity contribution in [3.63, 3.8) is 0 Å². The highest BCUT2D eigenvalue weighted by Gasteiger charge is 2.17. The SMILES string of the molecule is CCN(CCC#N)C(=O)c1ccc(OC)cc1O. The number of benzene rings is 1. The lowest BCUT2D eigenvalue weighted by atomic mass is 10.1. The van der Waals surface area contributed by atoms with Crippen molar-refractivity contribution in [3.05, 3.63) is 23.8 Å². The first-order chi connectivity index (χ1) is 8.63. The van der Waals surface area contributed by atoms with E-state index < -0.39 is 0 Å². The average Bonchev–Trinajstić information content (AvgIpc) is 2.39. The molecule has 0 aliphatic rings. The molecule has 1 rings (SSSR count). The second kappa shape index (κ2) is 6.50. The van der Waals surface area contributed by atoms with Gasteiger partial charge in [0, 0.05) is 19.2 Å². The molecular formula is C13H16N2O3. The fourth-order valence-electron chi connectivity index (χ4n) is 1.58. The number of hydrogen-bond donors (Lipinski definition) is 1. The van der Waals surface area contributed by atoms with Crippen LogP contribution in [-0.4, -0.2) is 36.1 Å². The smallest absolute Gasteiger partial charge is 0.257 e. The molecule has 18 heavy (non-hydrogen) atoms. The molecule has 0 bridgehead atoms. The molecule has 5 nitrogen and oxygen atoms in total. The Hall–Kier alpha value is -2.22. The van der Waals surface area contributed by atoms with Gasteiger partial charge in [0.05, 0.1) is 25.2 Å². The summed E-state index contributed by atoms with van der Waals surface area (Å²) < 4.78 is 4.95. The predicted octanol–water partition coefficient (Wildman–Crippen LogP) is 1.78. The van der Waals surface area contributed by atoms with Gasteiger partial charge >= 0.3 is 0 Å². The lowest BCUT2D eigenvalue weighted by Gasteiger charge is -2.20. The van der Waals surface area contributed by atoms with Gasteiger partial charge in [-0.15, -0.1) is 0 Å². The number of aromatic hydroxyl groups is 1. The number of rotatable bonds is 5. The summed E-state index contributed by atoms with van der Waals surface area (Å²) in [5, 5.41) is 18.3. The normalized spacial score (nSPS) is 9.61. The van der Waals surface area contributed by atoms with E-state index in [0.717, 1.165) is 0 Å². The maximum Gasteiger partial charge on any atom is 0.257 e. The molecule has 0 atom stereocenters. The van der Waals surface area contributed by atoms with Crippen LogP contribution in [0.4, 0.5) is 0 Å². The molecule has 0 aliphatic heterocycles. The topological polar surface area (TPSA) is 73.6 Å². The summed E-state index contributed by atoms with van der Waals surface area (Å²) in [6, 6.07) is 6.53. The van der Waals surface area contributed by atoms with Crippen LogP contribution >= 0.6 is 0 Å². The van der Waals surface area contributed by atoms with E-state index >= 15 is 0 Å². The zero-order valence-electron chi connectivity index (χ0n) is 10.5. The lowest BCUT2D eigenvalue weighted by molar-refractivity contribution is 0.0765. The van der Waals surface area contributed by atoms with E-state index in [2.05, 4.69) is 0 Å². The highest BCUT2D eigenvalue weighted by molar-refractivity contribution is 5.97. The van der Waals surface area contributed by atoms with Crippen molar-refractivity contribution in [2.75, 3.05) is 20.2 Å². The van der Waals surface area contributed by atoms with Gasteiger partial charge in [-0.1, -0.05) is 0 Å². The monoisotopic (exact) mass is 248 g/mol. The van der Waals surface area contributed by atoms with Crippen LogP contribution in [0.15, 0.2) is 18.2 Å². The van der Waals surface area contributed by atoms with Gasteiger partial charge in [-0.2, -0.15) is 5.26 Å². The largest absolute Gasteiger partial charge is 0.507 e. The van der Waals surface area contributed by atoms with Crippen molar-refractivity contribution in [2.45, 2.75) is 13.3 Å². The number of ether oxygens (including phenoxy) is 1. The number of methoxy groups -OCH3 is 1. The van der Waals surface area contributed by atoms with Gasteiger partial charge < -0.3 is 14.7 Å². The van der Waals surface area contributed by atoms with Crippen molar-refractivity contribution in [1.29, 1.82) is 5.26 Å². The molecule has 5 heteroatoms. The van der Waals surface area contributed by atoms with Crippen LogP contribution in [-0.2, 0) is 0 Å². The molecule has 0 aliphatic carbocycles. The molecule has 1 N–H and O–H groups in total. The van der Waals surface area contributed by atoms with Gasteiger partial charge in [-0.3, -0.25) is 4.79 Å². The molecule has 0 radical (unpaired) electrons. The van der Waals surface area contributed by atoms with Gasteiger partial charge in [-0.05, 0) is 19.1 Å². The second-order valence-corrected chi connectivity index (χ2v) is 3.68. The Kier molecular flexibility index (Phi) is 5.00. The molecule has 96 valence electrons. The zero-order valence-corrected chi connectivity index (χ0v) is 10.5. The Morgan fingerprint density at radius 2 is 2.28 bits per heavy atom. The fraction of sp³-hybridized carbons (Fsp3) is 0.385. The highest BCUT2D eigenvalue weighted by Crippen LogP contribution is 2.24. The van der Waals surface area contributed by atoms with Crippen LogP contribution in [0.1, 0.15) is 23.7 Å². The quantitative estimate of drug-likeness (QED) is 0.861. The molecule has 0 heterocycles. The van der Waals surface area contributed by atoms with Crippen molar-refractivity contribution >= 4 is 5.91 Å². The number of carbonyl (C=O) groups excluding carboxylic acids is 1. The molecular weight excluding hydrogens is 232 g/mol.